The van der Waals surface area contributed by atoms with Crippen molar-refractivity contribution in [3.8, 4) is 0 Å². The standard InChI is InChI=1S/C10H7Cl2NO2S/c1-16(14,15)6-2-3-9-7(4-6)8(11)5-10(12)13-9/h2-5H,1H3. The molecule has 16 heavy (non-hydrogen) atoms. The van der Waals surface area contributed by atoms with Crippen molar-refractivity contribution in [3.63, 3.8) is 0 Å². The number of pyridine rings is 1. The van der Waals surface area contributed by atoms with Gasteiger partial charge in [-0.1, -0.05) is 23.2 Å². The number of nitrogens with zero attached hydrogens (tertiary/aromatic N) is 1. The summed E-state index contributed by atoms with van der Waals surface area (Å²) in [7, 11) is -3.24. The van der Waals surface area contributed by atoms with Gasteiger partial charge in [0.25, 0.3) is 0 Å². The van der Waals surface area contributed by atoms with E-state index in [2.05, 4.69) is 4.98 Å². The van der Waals surface area contributed by atoms with Gasteiger partial charge in [0, 0.05) is 11.6 Å². The maximum Gasteiger partial charge on any atom is 0.175 e. The fraction of sp³-hybridized carbons (Fsp3) is 0.100. The van der Waals surface area contributed by atoms with Gasteiger partial charge < -0.3 is 0 Å². The Morgan fingerprint density at radius 1 is 1.19 bits per heavy atom. The van der Waals surface area contributed by atoms with Crippen LogP contribution in [0.15, 0.2) is 29.2 Å². The molecule has 0 saturated heterocycles. The van der Waals surface area contributed by atoms with Crippen LogP contribution in [0.4, 0.5) is 0 Å². The molecule has 0 radical (unpaired) electrons. The van der Waals surface area contributed by atoms with Crippen molar-refractivity contribution in [2.75, 3.05) is 6.26 Å². The number of rotatable bonds is 1. The molecular weight excluding hydrogens is 269 g/mol. The molecule has 2 aromatic rings. The summed E-state index contributed by atoms with van der Waals surface area (Å²) in [6.45, 7) is 0. The second-order valence-corrected chi connectivity index (χ2v) is 6.19. The summed E-state index contributed by atoms with van der Waals surface area (Å²) in [6.07, 6.45) is 1.14. The minimum absolute atomic E-state index is 0.214. The molecule has 1 aromatic carbocycles. The zero-order valence-electron chi connectivity index (χ0n) is 8.24. The quantitative estimate of drug-likeness (QED) is 0.752. The third-order valence-corrected chi connectivity index (χ3v) is 3.74. The molecule has 0 aliphatic carbocycles. The highest BCUT2D eigenvalue weighted by atomic mass is 35.5. The predicted octanol–water partition coefficient (Wildman–Crippen LogP) is 2.95. The Morgan fingerprint density at radius 3 is 2.50 bits per heavy atom. The predicted molar refractivity (Wildman–Crippen MR) is 64.9 cm³/mol. The van der Waals surface area contributed by atoms with Crippen LogP contribution in [-0.2, 0) is 9.84 Å². The Kier molecular flexibility index (Phi) is 2.82. The number of hydrogen-bond donors (Lipinski definition) is 0. The van der Waals surface area contributed by atoms with Gasteiger partial charge in [0.15, 0.2) is 9.84 Å². The molecule has 0 aliphatic heterocycles. The minimum Gasteiger partial charge on any atom is -0.236 e. The van der Waals surface area contributed by atoms with Crippen LogP contribution in [0.2, 0.25) is 10.2 Å². The van der Waals surface area contributed by atoms with Gasteiger partial charge in [-0.15, -0.1) is 0 Å². The molecule has 0 fully saturated rings. The normalized spacial score (nSPS) is 11.9. The maximum absolute atomic E-state index is 11.4. The third-order valence-electron chi connectivity index (χ3n) is 2.13. The third kappa shape index (κ3) is 2.14. The lowest BCUT2D eigenvalue weighted by atomic mass is 10.2. The topological polar surface area (TPSA) is 47.0 Å². The van der Waals surface area contributed by atoms with Crippen molar-refractivity contribution >= 4 is 43.9 Å². The van der Waals surface area contributed by atoms with Crippen LogP contribution < -0.4 is 0 Å². The average molecular weight is 276 g/mol. The van der Waals surface area contributed by atoms with Gasteiger partial charge in [-0.25, -0.2) is 13.4 Å². The van der Waals surface area contributed by atoms with E-state index in [1.165, 1.54) is 18.2 Å². The minimum atomic E-state index is -3.24. The fourth-order valence-electron chi connectivity index (χ4n) is 1.36. The van der Waals surface area contributed by atoms with Crippen molar-refractivity contribution in [2.24, 2.45) is 0 Å². The molecule has 0 amide bonds. The molecule has 0 aliphatic rings. The lowest BCUT2D eigenvalue weighted by molar-refractivity contribution is 0.602. The number of benzene rings is 1. The van der Waals surface area contributed by atoms with Gasteiger partial charge in [0.2, 0.25) is 0 Å². The smallest absolute Gasteiger partial charge is 0.175 e. The molecule has 2 rings (SSSR count). The van der Waals surface area contributed by atoms with Crippen molar-refractivity contribution in [2.45, 2.75) is 4.90 Å². The molecule has 6 heteroatoms. The Bertz CT molecular complexity index is 668. The van der Waals surface area contributed by atoms with E-state index >= 15 is 0 Å². The van der Waals surface area contributed by atoms with E-state index in [1.54, 1.807) is 6.07 Å². The molecule has 3 nitrogen and oxygen atoms in total. The van der Waals surface area contributed by atoms with Crippen molar-refractivity contribution < 1.29 is 8.42 Å². The number of halogens is 2. The van der Waals surface area contributed by atoms with Gasteiger partial charge in [0.05, 0.1) is 15.4 Å². The first-order chi connectivity index (χ1) is 7.38. The zero-order chi connectivity index (χ0) is 11.9. The summed E-state index contributed by atoms with van der Waals surface area (Å²) in [4.78, 5) is 4.26. The molecule has 0 bridgehead atoms. The summed E-state index contributed by atoms with van der Waals surface area (Å²) in [5.74, 6) is 0. The van der Waals surface area contributed by atoms with Crippen LogP contribution in [0.25, 0.3) is 10.9 Å². The van der Waals surface area contributed by atoms with E-state index in [0.717, 1.165) is 6.26 Å². The number of fused-ring (bicyclic) bond motifs is 1. The Balaban J connectivity index is 2.82. The van der Waals surface area contributed by atoms with Crippen LogP contribution >= 0.6 is 23.2 Å². The second-order valence-electron chi connectivity index (χ2n) is 3.38. The van der Waals surface area contributed by atoms with Crippen LogP contribution in [0.5, 0.6) is 0 Å². The SMILES string of the molecule is CS(=O)(=O)c1ccc2nc(Cl)cc(Cl)c2c1. The van der Waals surface area contributed by atoms with E-state index in [4.69, 9.17) is 23.2 Å². The molecule has 1 aromatic heterocycles. The highest BCUT2D eigenvalue weighted by molar-refractivity contribution is 7.90. The second kappa shape index (κ2) is 3.87. The van der Waals surface area contributed by atoms with Gasteiger partial charge in [-0.3, -0.25) is 0 Å². The monoisotopic (exact) mass is 275 g/mol. The van der Waals surface area contributed by atoms with Crippen molar-refractivity contribution in [3.05, 3.63) is 34.4 Å². The van der Waals surface area contributed by atoms with E-state index in [1.807, 2.05) is 0 Å². The number of hydrogen-bond acceptors (Lipinski definition) is 3. The number of aromatic nitrogens is 1. The molecule has 0 saturated carbocycles. The molecule has 1 heterocycles. The molecule has 84 valence electrons. The van der Waals surface area contributed by atoms with Gasteiger partial charge in [0.1, 0.15) is 5.15 Å². The summed E-state index contributed by atoms with van der Waals surface area (Å²) in [5, 5.41) is 1.25. The van der Waals surface area contributed by atoms with Crippen LogP contribution in [-0.4, -0.2) is 19.7 Å². The van der Waals surface area contributed by atoms with Gasteiger partial charge >= 0.3 is 0 Å². The van der Waals surface area contributed by atoms with Crippen LogP contribution in [0, 0.1) is 0 Å². The number of sulfone groups is 1. The Labute approximate surface area is 103 Å². The largest absolute Gasteiger partial charge is 0.236 e. The molecule has 0 unspecified atom stereocenters. The van der Waals surface area contributed by atoms with Crippen molar-refractivity contribution in [1.29, 1.82) is 0 Å². The van der Waals surface area contributed by atoms with E-state index in [-0.39, 0.29) is 10.0 Å². The fourth-order valence-corrected chi connectivity index (χ4v) is 2.52. The lowest BCUT2D eigenvalue weighted by Crippen LogP contribution is -1.97. The Hall–Kier alpha value is -0.840. The van der Waals surface area contributed by atoms with Gasteiger partial charge in [-0.2, -0.15) is 0 Å². The maximum atomic E-state index is 11.4. The highest BCUT2D eigenvalue weighted by Gasteiger charge is 2.10. The first kappa shape index (κ1) is 11.6. The van der Waals surface area contributed by atoms with E-state index < -0.39 is 9.84 Å². The Morgan fingerprint density at radius 2 is 1.88 bits per heavy atom. The first-order valence-corrected chi connectivity index (χ1v) is 6.98. The van der Waals surface area contributed by atoms with E-state index in [0.29, 0.717) is 15.9 Å². The first-order valence-electron chi connectivity index (χ1n) is 4.34. The van der Waals surface area contributed by atoms with Crippen molar-refractivity contribution in [1.82, 2.24) is 4.98 Å². The van der Waals surface area contributed by atoms with Crippen LogP contribution in [0.1, 0.15) is 0 Å². The van der Waals surface area contributed by atoms with E-state index in [9.17, 15) is 8.42 Å². The van der Waals surface area contributed by atoms with Crippen LogP contribution in [0.3, 0.4) is 0 Å². The van der Waals surface area contributed by atoms with Gasteiger partial charge in [-0.05, 0) is 24.3 Å². The molecule has 0 N–H and O–H groups in total. The summed E-state index contributed by atoms with van der Waals surface area (Å²) in [5.41, 5.74) is 0.574. The highest BCUT2D eigenvalue weighted by Crippen LogP contribution is 2.27. The summed E-state index contributed by atoms with van der Waals surface area (Å²) >= 11 is 11.7. The average Bonchev–Trinajstić information content (AvgIpc) is 2.15. The molecule has 0 atom stereocenters. The summed E-state index contributed by atoms with van der Waals surface area (Å²) in [6, 6.07) is 6.05. The molecule has 0 spiro atoms. The molecular formula is C10H7Cl2NO2S. The zero-order valence-corrected chi connectivity index (χ0v) is 10.6. The summed E-state index contributed by atoms with van der Waals surface area (Å²) < 4.78 is 22.7. The lowest BCUT2D eigenvalue weighted by Gasteiger charge is -2.03.